The fraction of sp³-hybridized carbons (Fsp3) is 0.562. The van der Waals surface area contributed by atoms with Gasteiger partial charge in [0.15, 0.2) is 17.4 Å². The Morgan fingerprint density at radius 3 is 2.87 bits per heavy atom. The number of thiazole rings is 1. The average molecular weight is 337 g/mol. The summed E-state index contributed by atoms with van der Waals surface area (Å²) >= 11 is 1.31. The van der Waals surface area contributed by atoms with E-state index in [4.69, 9.17) is 4.74 Å². The molecule has 0 aliphatic heterocycles. The summed E-state index contributed by atoms with van der Waals surface area (Å²) in [5.74, 6) is -0.104. The minimum absolute atomic E-state index is 0.200. The lowest BCUT2D eigenvalue weighted by Crippen LogP contribution is -2.39. The van der Waals surface area contributed by atoms with E-state index in [0.717, 1.165) is 31.6 Å². The zero-order valence-electron chi connectivity index (χ0n) is 13.3. The largest absolute Gasteiger partial charge is 0.451 e. The summed E-state index contributed by atoms with van der Waals surface area (Å²) in [4.78, 5) is 27.8. The molecule has 2 N–H and O–H groups in total. The molecule has 1 aromatic rings. The van der Waals surface area contributed by atoms with Crippen molar-refractivity contribution in [3.8, 4) is 0 Å². The van der Waals surface area contributed by atoms with Gasteiger partial charge in [-0.25, -0.2) is 9.78 Å². The molecule has 1 saturated carbocycles. The molecule has 1 aliphatic carbocycles. The zero-order chi connectivity index (χ0) is 16.7. The standard InChI is InChI=1S/C16H23N3O3S/c1-3-8-17-16-19-13(10-23-16)15(21)22-9-14(20)18-12-6-4-11(2)5-7-12/h3,10-12H,1,4-9H2,2H3,(H,17,19)(H,18,20). The van der Waals surface area contributed by atoms with Crippen LogP contribution in [0.3, 0.4) is 0 Å². The van der Waals surface area contributed by atoms with Crippen molar-refractivity contribution in [1.82, 2.24) is 10.3 Å². The second-order valence-corrected chi connectivity index (χ2v) is 6.67. The molecule has 6 nitrogen and oxygen atoms in total. The lowest BCUT2D eigenvalue weighted by molar-refractivity contribution is -0.125. The predicted octanol–water partition coefficient (Wildman–Crippen LogP) is 2.59. The number of hydrogen-bond acceptors (Lipinski definition) is 6. The van der Waals surface area contributed by atoms with Gasteiger partial charge in [0.1, 0.15) is 0 Å². The number of nitrogens with one attached hydrogen (secondary N) is 2. The molecule has 0 aromatic carbocycles. The van der Waals surface area contributed by atoms with E-state index < -0.39 is 5.97 Å². The van der Waals surface area contributed by atoms with Crippen LogP contribution in [-0.2, 0) is 9.53 Å². The van der Waals surface area contributed by atoms with Crippen molar-refractivity contribution in [2.75, 3.05) is 18.5 Å². The molecule has 1 aromatic heterocycles. The molecule has 0 atom stereocenters. The third-order valence-corrected chi connectivity index (χ3v) is 4.63. The van der Waals surface area contributed by atoms with Gasteiger partial charge in [0.2, 0.25) is 0 Å². The predicted molar refractivity (Wildman–Crippen MR) is 90.6 cm³/mol. The summed E-state index contributed by atoms with van der Waals surface area (Å²) in [6.07, 6.45) is 5.94. The minimum Gasteiger partial charge on any atom is -0.451 e. The Kier molecular flexibility index (Phi) is 6.58. The minimum atomic E-state index is -0.583. The molecule has 0 radical (unpaired) electrons. The van der Waals surface area contributed by atoms with Crippen LogP contribution in [0.5, 0.6) is 0 Å². The monoisotopic (exact) mass is 337 g/mol. The molecule has 23 heavy (non-hydrogen) atoms. The Bertz CT molecular complexity index is 551. The average Bonchev–Trinajstić information content (AvgIpc) is 3.02. The van der Waals surface area contributed by atoms with Crippen LogP contribution in [0.4, 0.5) is 5.13 Å². The van der Waals surface area contributed by atoms with Gasteiger partial charge in [-0.2, -0.15) is 0 Å². The van der Waals surface area contributed by atoms with Crippen molar-refractivity contribution in [3.05, 3.63) is 23.7 Å². The van der Waals surface area contributed by atoms with Gasteiger partial charge in [0.25, 0.3) is 5.91 Å². The fourth-order valence-electron chi connectivity index (χ4n) is 2.49. The van der Waals surface area contributed by atoms with Crippen LogP contribution in [0.2, 0.25) is 0 Å². The number of carbonyl (C=O) groups excluding carboxylic acids is 2. The van der Waals surface area contributed by atoms with E-state index in [-0.39, 0.29) is 24.2 Å². The highest BCUT2D eigenvalue weighted by Crippen LogP contribution is 2.23. The summed E-state index contributed by atoms with van der Waals surface area (Å²) < 4.78 is 5.02. The molecule has 1 heterocycles. The molecule has 1 amide bonds. The maximum absolute atomic E-state index is 11.9. The molecule has 0 saturated heterocycles. The number of amides is 1. The van der Waals surface area contributed by atoms with Crippen molar-refractivity contribution < 1.29 is 14.3 Å². The first kappa shape index (κ1) is 17.5. The smallest absolute Gasteiger partial charge is 0.358 e. The second kappa shape index (κ2) is 8.67. The molecule has 2 rings (SSSR count). The number of esters is 1. The van der Waals surface area contributed by atoms with Crippen LogP contribution in [0, 0.1) is 5.92 Å². The van der Waals surface area contributed by atoms with Gasteiger partial charge in [-0.15, -0.1) is 17.9 Å². The van der Waals surface area contributed by atoms with Crippen molar-refractivity contribution in [2.24, 2.45) is 5.92 Å². The van der Waals surface area contributed by atoms with Gasteiger partial charge >= 0.3 is 5.97 Å². The van der Waals surface area contributed by atoms with E-state index in [1.807, 2.05) is 0 Å². The third kappa shape index (κ3) is 5.67. The first-order chi connectivity index (χ1) is 11.1. The Balaban J connectivity index is 1.72. The summed E-state index contributed by atoms with van der Waals surface area (Å²) in [6, 6.07) is 0.200. The number of rotatable bonds is 7. The van der Waals surface area contributed by atoms with E-state index >= 15 is 0 Å². The quantitative estimate of drug-likeness (QED) is 0.590. The van der Waals surface area contributed by atoms with E-state index in [2.05, 4.69) is 29.1 Å². The Labute approximate surface area is 140 Å². The third-order valence-electron chi connectivity index (χ3n) is 3.83. The van der Waals surface area contributed by atoms with Gasteiger partial charge in [-0.1, -0.05) is 13.0 Å². The highest BCUT2D eigenvalue weighted by atomic mass is 32.1. The van der Waals surface area contributed by atoms with E-state index in [0.29, 0.717) is 11.7 Å². The van der Waals surface area contributed by atoms with E-state index in [1.54, 1.807) is 11.5 Å². The maximum atomic E-state index is 11.9. The lowest BCUT2D eigenvalue weighted by atomic mass is 9.87. The van der Waals surface area contributed by atoms with Gasteiger partial charge in [0, 0.05) is 18.0 Å². The first-order valence-electron chi connectivity index (χ1n) is 7.85. The topological polar surface area (TPSA) is 80.3 Å². The van der Waals surface area contributed by atoms with Crippen molar-refractivity contribution in [3.63, 3.8) is 0 Å². The lowest BCUT2D eigenvalue weighted by Gasteiger charge is -2.26. The highest BCUT2D eigenvalue weighted by Gasteiger charge is 2.20. The van der Waals surface area contributed by atoms with Gasteiger partial charge in [-0.05, 0) is 31.6 Å². The summed E-state index contributed by atoms with van der Waals surface area (Å²) in [7, 11) is 0. The summed E-state index contributed by atoms with van der Waals surface area (Å²) in [5, 5.41) is 8.14. The van der Waals surface area contributed by atoms with Crippen LogP contribution >= 0.6 is 11.3 Å². The van der Waals surface area contributed by atoms with Gasteiger partial charge in [-0.3, -0.25) is 4.79 Å². The van der Waals surface area contributed by atoms with E-state index in [1.165, 1.54) is 11.3 Å². The molecule has 1 aliphatic rings. The molecule has 126 valence electrons. The molecule has 7 heteroatoms. The van der Waals surface area contributed by atoms with Crippen LogP contribution in [0.25, 0.3) is 0 Å². The molecule has 0 bridgehead atoms. The number of nitrogens with zero attached hydrogens (tertiary/aromatic N) is 1. The Morgan fingerprint density at radius 1 is 1.43 bits per heavy atom. The van der Waals surface area contributed by atoms with Crippen molar-refractivity contribution >= 4 is 28.3 Å². The maximum Gasteiger partial charge on any atom is 0.358 e. The van der Waals surface area contributed by atoms with Gasteiger partial charge < -0.3 is 15.4 Å². The zero-order valence-corrected chi connectivity index (χ0v) is 14.2. The van der Waals surface area contributed by atoms with Gasteiger partial charge in [0.05, 0.1) is 0 Å². The number of ether oxygens (including phenoxy) is 1. The second-order valence-electron chi connectivity index (χ2n) is 5.81. The molecular weight excluding hydrogens is 314 g/mol. The Morgan fingerprint density at radius 2 is 2.17 bits per heavy atom. The normalized spacial score (nSPS) is 20.6. The number of anilines is 1. The number of aromatic nitrogens is 1. The SMILES string of the molecule is C=CCNc1nc(C(=O)OCC(=O)NC2CCC(C)CC2)cs1. The first-order valence-corrected chi connectivity index (χ1v) is 8.73. The van der Waals surface area contributed by atoms with Crippen LogP contribution in [0.1, 0.15) is 43.1 Å². The van der Waals surface area contributed by atoms with Crippen LogP contribution in [0.15, 0.2) is 18.0 Å². The van der Waals surface area contributed by atoms with E-state index in [9.17, 15) is 9.59 Å². The van der Waals surface area contributed by atoms with Crippen molar-refractivity contribution in [2.45, 2.75) is 38.6 Å². The number of carbonyl (C=O) groups is 2. The highest BCUT2D eigenvalue weighted by molar-refractivity contribution is 7.13. The van der Waals surface area contributed by atoms with Crippen LogP contribution < -0.4 is 10.6 Å². The molecule has 0 spiro atoms. The molecule has 1 fully saturated rings. The van der Waals surface area contributed by atoms with Crippen molar-refractivity contribution in [1.29, 1.82) is 0 Å². The summed E-state index contributed by atoms with van der Waals surface area (Å²) in [5.41, 5.74) is 0.209. The van der Waals surface area contributed by atoms with Crippen LogP contribution in [-0.4, -0.2) is 36.1 Å². The fourth-order valence-corrected chi connectivity index (χ4v) is 3.18. The summed E-state index contributed by atoms with van der Waals surface area (Å²) in [6.45, 7) is 6.13. The molecule has 0 unspecified atom stereocenters. The number of hydrogen-bond donors (Lipinski definition) is 2. The Hall–Kier alpha value is -1.89. The molecular formula is C16H23N3O3S.